The molecule has 0 bridgehead atoms. The maximum atomic E-state index is 10.9. The Bertz CT molecular complexity index is 204. The number of hydrogen-bond acceptors (Lipinski definition) is 2. The Morgan fingerprint density at radius 1 is 1.36 bits per heavy atom. The molecule has 1 aliphatic carbocycles. The fourth-order valence-corrected chi connectivity index (χ4v) is 1.86. The molecule has 1 heterocycles. The fraction of sp³-hybridized carbons (Fsp3) is 0.667. The molecule has 1 unspecified atom stereocenters. The van der Waals surface area contributed by atoms with E-state index in [2.05, 4.69) is 12.2 Å². The van der Waals surface area contributed by atoms with Gasteiger partial charge in [0.25, 0.3) is 0 Å². The Labute approximate surface area is 66.2 Å². The summed E-state index contributed by atoms with van der Waals surface area (Å²) in [6, 6.07) is 0. The van der Waals surface area contributed by atoms with Crippen molar-refractivity contribution in [3.05, 3.63) is 12.2 Å². The lowest BCUT2D eigenvalue weighted by Crippen LogP contribution is -2.28. The predicted molar refractivity (Wildman–Crippen MR) is 41.0 cm³/mol. The Hall–Kier alpha value is -0.790. The van der Waals surface area contributed by atoms with Crippen molar-refractivity contribution in [3.63, 3.8) is 0 Å². The molecule has 0 aromatic carbocycles. The van der Waals surface area contributed by atoms with Gasteiger partial charge in [0.1, 0.15) is 5.60 Å². The summed E-state index contributed by atoms with van der Waals surface area (Å²) in [4.78, 5) is 10.9. The maximum Gasteiger partial charge on any atom is 0.306 e. The molecule has 0 aromatic heterocycles. The average molecular weight is 152 g/mol. The van der Waals surface area contributed by atoms with Gasteiger partial charge in [0.15, 0.2) is 0 Å². The van der Waals surface area contributed by atoms with E-state index < -0.39 is 0 Å². The van der Waals surface area contributed by atoms with Gasteiger partial charge in [0.2, 0.25) is 0 Å². The van der Waals surface area contributed by atoms with Gasteiger partial charge in [-0.05, 0) is 19.3 Å². The Morgan fingerprint density at radius 2 is 2.27 bits per heavy atom. The Balaban J connectivity index is 2.11. The molecular formula is C9H12O2. The average Bonchev–Trinajstić information content (AvgIpc) is 2.34. The molecule has 1 fully saturated rings. The van der Waals surface area contributed by atoms with Gasteiger partial charge in [0, 0.05) is 12.8 Å². The van der Waals surface area contributed by atoms with Crippen LogP contribution in [0.15, 0.2) is 12.2 Å². The second-order valence-corrected chi connectivity index (χ2v) is 3.37. The lowest BCUT2D eigenvalue weighted by Gasteiger charge is -2.28. The van der Waals surface area contributed by atoms with E-state index in [1.807, 2.05) is 0 Å². The monoisotopic (exact) mass is 152 g/mol. The minimum atomic E-state index is -0.0914. The van der Waals surface area contributed by atoms with Crippen molar-refractivity contribution in [2.45, 2.75) is 37.7 Å². The summed E-state index contributed by atoms with van der Waals surface area (Å²) in [6.45, 7) is 0. The first-order chi connectivity index (χ1) is 5.31. The first-order valence-corrected chi connectivity index (χ1v) is 4.18. The summed E-state index contributed by atoms with van der Waals surface area (Å²) in [7, 11) is 0. The Morgan fingerprint density at radius 3 is 2.82 bits per heavy atom. The van der Waals surface area contributed by atoms with E-state index in [-0.39, 0.29) is 11.6 Å². The molecule has 1 aliphatic heterocycles. The summed E-state index contributed by atoms with van der Waals surface area (Å²) >= 11 is 0. The molecule has 11 heavy (non-hydrogen) atoms. The largest absolute Gasteiger partial charge is 0.459 e. The van der Waals surface area contributed by atoms with E-state index in [1.165, 1.54) is 0 Å². The predicted octanol–water partition coefficient (Wildman–Crippen LogP) is 1.80. The fourth-order valence-electron chi connectivity index (χ4n) is 1.86. The molecule has 2 aliphatic rings. The lowest BCUT2D eigenvalue weighted by atomic mass is 9.87. The summed E-state index contributed by atoms with van der Waals surface area (Å²) in [5.74, 6) is -0.0136. The van der Waals surface area contributed by atoms with Crippen LogP contribution in [0.4, 0.5) is 0 Å². The highest BCUT2D eigenvalue weighted by Crippen LogP contribution is 2.36. The van der Waals surface area contributed by atoms with Crippen molar-refractivity contribution in [3.8, 4) is 0 Å². The normalized spacial score (nSPS) is 36.2. The van der Waals surface area contributed by atoms with Crippen molar-refractivity contribution >= 4 is 5.97 Å². The van der Waals surface area contributed by atoms with E-state index in [9.17, 15) is 4.79 Å². The molecular weight excluding hydrogens is 140 g/mol. The van der Waals surface area contributed by atoms with Crippen LogP contribution in [0.5, 0.6) is 0 Å². The summed E-state index contributed by atoms with van der Waals surface area (Å²) in [6.07, 6.45) is 8.85. The van der Waals surface area contributed by atoms with E-state index in [0.717, 1.165) is 25.7 Å². The minimum absolute atomic E-state index is 0.0136. The molecule has 0 amide bonds. The van der Waals surface area contributed by atoms with Gasteiger partial charge in [-0.3, -0.25) is 4.79 Å². The van der Waals surface area contributed by atoms with Crippen molar-refractivity contribution < 1.29 is 9.53 Å². The number of carbonyl (C=O) groups is 1. The Kier molecular flexibility index (Phi) is 1.48. The number of ether oxygens (including phenoxy) is 1. The van der Waals surface area contributed by atoms with Crippen LogP contribution in [0.1, 0.15) is 32.1 Å². The van der Waals surface area contributed by atoms with Crippen LogP contribution < -0.4 is 0 Å². The maximum absolute atomic E-state index is 10.9. The van der Waals surface area contributed by atoms with Gasteiger partial charge >= 0.3 is 5.97 Å². The molecule has 2 rings (SSSR count). The van der Waals surface area contributed by atoms with Crippen LogP contribution in [-0.2, 0) is 9.53 Å². The van der Waals surface area contributed by atoms with Gasteiger partial charge in [0.05, 0.1) is 0 Å². The zero-order valence-electron chi connectivity index (χ0n) is 6.51. The quantitative estimate of drug-likeness (QED) is 0.391. The molecule has 0 N–H and O–H groups in total. The van der Waals surface area contributed by atoms with Crippen molar-refractivity contribution in [2.24, 2.45) is 0 Å². The first-order valence-electron chi connectivity index (χ1n) is 4.18. The number of esters is 1. The van der Waals surface area contributed by atoms with Gasteiger partial charge in [-0.25, -0.2) is 0 Å². The number of allylic oxidation sites excluding steroid dienone is 1. The molecule has 2 nitrogen and oxygen atoms in total. The van der Waals surface area contributed by atoms with Crippen LogP contribution >= 0.6 is 0 Å². The van der Waals surface area contributed by atoms with Crippen LogP contribution in [0.25, 0.3) is 0 Å². The highest BCUT2D eigenvalue weighted by Gasteiger charge is 2.39. The van der Waals surface area contributed by atoms with E-state index >= 15 is 0 Å². The molecule has 0 aromatic rings. The van der Waals surface area contributed by atoms with Gasteiger partial charge < -0.3 is 4.74 Å². The van der Waals surface area contributed by atoms with Gasteiger partial charge in [-0.15, -0.1) is 0 Å². The molecule has 60 valence electrons. The van der Waals surface area contributed by atoms with Crippen molar-refractivity contribution in [2.75, 3.05) is 0 Å². The third-order valence-corrected chi connectivity index (χ3v) is 2.54. The zero-order valence-corrected chi connectivity index (χ0v) is 6.51. The topological polar surface area (TPSA) is 26.3 Å². The SMILES string of the molecule is O=C1CCC2(CC=CCC2)O1. The second kappa shape index (κ2) is 2.36. The summed E-state index contributed by atoms with van der Waals surface area (Å²) in [5.41, 5.74) is -0.0914. The zero-order chi connectivity index (χ0) is 7.73. The standard InChI is InChI=1S/C9H12O2/c10-8-4-7-9(11-8)5-2-1-3-6-9/h1-2H,3-7H2. The van der Waals surface area contributed by atoms with Crippen molar-refractivity contribution in [1.82, 2.24) is 0 Å². The van der Waals surface area contributed by atoms with Gasteiger partial charge in [-0.2, -0.15) is 0 Å². The molecule has 1 spiro atoms. The van der Waals surface area contributed by atoms with E-state index in [1.54, 1.807) is 0 Å². The molecule has 0 saturated carbocycles. The lowest BCUT2D eigenvalue weighted by molar-refractivity contribution is -0.148. The molecule has 1 atom stereocenters. The second-order valence-electron chi connectivity index (χ2n) is 3.37. The van der Waals surface area contributed by atoms with Crippen LogP contribution in [0.3, 0.4) is 0 Å². The van der Waals surface area contributed by atoms with E-state index in [4.69, 9.17) is 4.74 Å². The van der Waals surface area contributed by atoms with Gasteiger partial charge in [-0.1, -0.05) is 12.2 Å². The van der Waals surface area contributed by atoms with Crippen LogP contribution in [0, 0.1) is 0 Å². The van der Waals surface area contributed by atoms with Crippen LogP contribution in [-0.4, -0.2) is 11.6 Å². The highest BCUT2D eigenvalue weighted by molar-refractivity contribution is 5.72. The smallest absolute Gasteiger partial charge is 0.306 e. The molecule has 2 heteroatoms. The van der Waals surface area contributed by atoms with E-state index in [0.29, 0.717) is 6.42 Å². The molecule has 1 saturated heterocycles. The first kappa shape index (κ1) is 6.89. The minimum Gasteiger partial charge on any atom is -0.459 e. The highest BCUT2D eigenvalue weighted by atomic mass is 16.6. The van der Waals surface area contributed by atoms with Crippen molar-refractivity contribution in [1.29, 1.82) is 0 Å². The summed E-state index contributed by atoms with van der Waals surface area (Å²) < 4.78 is 5.30. The summed E-state index contributed by atoms with van der Waals surface area (Å²) in [5, 5.41) is 0. The third-order valence-electron chi connectivity index (χ3n) is 2.54. The molecule has 0 radical (unpaired) electrons. The third kappa shape index (κ3) is 1.17. The van der Waals surface area contributed by atoms with Crippen LogP contribution in [0.2, 0.25) is 0 Å². The number of carbonyl (C=O) groups excluding carboxylic acids is 1. The number of rotatable bonds is 0. The number of hydrogen-bond donors (Lipinski definition) is 0.